The normalized spacial score (nSPS) is 14.6. The molecule has 18 heavy (non-hydrogen) atoms. The molecule has 0 saturated carbocycles. The fourth-order valence-corrected chi connectivity index (χ4v) is 2.19. The molecule has 3 nitrogen and oxygen atoms in total. The maximum atomic E-state index is 12.8. The van der Waals surface area contributed by atoms with E-state index in [1.807, 2.05) is 0 Å². The molecule has 0 aliphatic carbocycles. The maximum absolute atomic E-state index is 12.8. The summed E-state index contributed by atoms with van der Waals surface area (Å²) in [6, 6.07) is 1.69. The van der Waals surface area contributed by atoms with E-state index < -0.39 is 44.8 Å². The van der Waals surface area contributed by atoms with Crippen LogP contribution in [0.5, 0.6) is 0 Å². The predicted molar refractivity (Wildman–Crippen MR) is 56.1 cm³/mol. The Hall–Kier alpha value is -1.15. The molecule has 1 aromatic rings. The lowest BCUT2D eigenvalue weighted by atomic mass is 10.0. The molecule has 0 saturated heterocycles. The minimum absolute atomic E-state index is 0.223. The Morgan fingerprint density at radius 3 is 2.33 bits per heavy atom. The van der Waals surface area contributed by atoms with Crippen molar-refractivity contribution in [3.8, 4) is 0 Å². The van der Waals surface area contributed by atoms with Crippen LogP contribution in [-0.4, -0.2) is 25.5 Å². The average Bonchev–Trinajstić information content (AvgIpc) is 2.13. The lowest BCUT2D eigenvalue weighted by Gasteiger charge is -2.17. The average molecular weight is 286 g/mol. The smallest absolute Gasteiger partial charge is 0.387 e. The number of halogens is 4. The fraction of sp³-hybridized carbons (Fsp3) is 0.400. The van der Waals surface area contributed by atoms with Gasteiger partial charge in [0.25, 0.3) is 0 Å². The summed E-state index contributed by atoms with van der Waals surface area (Å²) in [5.41, 5.74) is -2.03. The Labute approximate surface area is 101 Å². The van der Waals surface area contributed by atoms with E-state index in [1.54, 1.807) is 0 Å². The molecule has 1 aromatic carbocycles. The summed E-state index contributed by atoms with van der Waals surface area (Å²) in [5.74, 6) is -1.97. The van der Waals surface area contributed by atoms with Crippen molar-refractivity contribution in [1.82, 2.24) is 0 Å². The van der Waals surface area contributed by atoms with Crippen LogP contribution in [0.4, 0.5) is 17.6 Å². The standard InChI is InChI=1S/C10H10F4O3S/c1-18(16,17)5-9(15)7-3-2-6(11)4-8(7)10(12,13)14/h2-4,9,15H,5H2,1H3. The Morgan fingerprint density at radius 1 is 1.33 bits per heavy atom. The molecule has 0 spiro atoms. The number of aliphatic hydroxyl groups excluding tert-OH is 1. The second-order valence-electron chi connectivity index (χ2n) is 3.84. The van der Waals surface area contributed by atoms with Crippen molar-refractivity contribution in [2.45, 2.75) is 12.3 Å². The summed E-state index contributed by atoms with van der Waals surface area (Å²) in [5, 5.41) is 9.49. The van der Waals surface area contributed by atoms with Gasteiger partial charge in [-0.15, -0.1) is 0 Å². The topological polar surface area (TPSA) is 54.4 Å². The third-order valence-electron chi connectivity index (χ3n) is 2.14. The number of alkyl halides is 3. The van der Waals surface area contributed by atoms with E-state index in [1.165, 1.54) is 0 Å². The molecule has 0 bridgehead atoms. The van der Waals surface area contributed by atoms with Crippen LogP contribution >= 0.6 is 0 Å². The lowest BCUT2D eigenvalue weighted by Crippen LogP contribution is -2.18. The number of hydrogen-bond acceptors (Lipinski definition) is 3. The molecule has 0 aliphatic heterocycles. The first-order valence-electron chi connectivity index (χ1n) is 4.73. The lowest BCUT2D eigenvalue weighted by molar-refractivity contribution is -0.139. The first-order valence-corrected chi connectivity index (χ1v) is 6.79. The van der Waals surface area contributed by atoms with Crippen molar-refractivity contribution in [3.05, 3.63) is 35.1 Å². The van der Waals surface area contributed by atoms with E-state index >= 15 is 0 Å². The molecular formula is C10H10F4O3S. The minimum atomic E-state index is -4.87. The highest BCUT2D eigenvalue weighted by atomic mass is 32.2. The van der Waals surface area contributed by atoms with Gasteiger partial charge >= 0.3 is 6.18 Å². The van der Waals surface area contributed by atoms with Crippen LogP contribution in [0, 0.1) is 5.82 Å². The Balaban J connectivity index is 3.24. The van der Waals surface area contributed by atoms with E-state index in [2.05, 4.69) is 0 Å². The second kappa shape index (κ2) is 4.85. The molecule has 0 aliphatic rings. The summed E-state index contributed by atoms with van der Waals surface area (Å²) >= 11 is 0. The number of sulfone groups is 1. The molecular weight excluding hydrogens is 276 g/mol. The number of aliphatic hydroxyl groups is 1. The van der Waals surface area contributed by atoms with Crippen molar-refractivity contribution in [1.29, 1.82) is 0 Å². The van der Waals surface area contributed by atoms with E-state index in [0.29, 0.717) is 0 Å². The van der Waals surface area contributed by atoms with E-state index in [-0.39, 0.29) is 6.07 Å². The van der Waals surface area contributed by atoms with Crippen molar-refractivity contribution in [2.75, 3.05) is 12.0 Å². The Morgan fingerprint density at radius 2 is 1.89 bits per heavy atom. The Kier molecular flexibility index (Phi) is 4.02. The zero-order chi connectivity index (χ0) is 14.1. The van der Waals surface area contributed by atoms with Crippen LogP contribution in [-0.2, 0) is 16.0 Å². The van der Waals surface area contributed by atoms with Crippen molar-refractivity contribution < 1.29 is 31.1 Å². The Bertz CT molecular complexity index is 537. The monoisotopic (exact) mass is 286 g/mol. The van der Waals surface area contributed by atoms with Gasteiger partial charge in [0.15, 0.2) is 0 Å². The third kappa shape index (κ3) is 3.95. The molecule has 0 fully saturated rings. The van der Waals surface area contributed by atoms with Gasteiger partial charge in [0, 0.05) is 6.26 Å². The van der Waals surface area contributed by atoms with E-state index in [9.17, 15) is 31.1 Å². The number of benzene rings is 1. The van der Waals surface area contributed by atoms with Crippen LogP contribution in [0.3, 0.4) is 0 Å². The maximum Gasteiger partial charge on any atom is 0.416 e. The summed E-state index contributed by atoms with van der Waals surface area (Å²) in [6.45, 7) is 0. The molecule has 0 amide bonds. The van der Waals surface area contributed by atoms with Gasteiger partial charge in [-0.1, -0.05) is 6.07 Å². The van der Waals surface area contributed by atoms with Gasteiger partial charge in [-0.2, -0.15) is 13.2 Å². The molecule has 1 atom stereocenters. The summed E-state index contributed by atoms with van der Waals surface area (Å²) in [4.78, 5) is 0. The van der Waals surface area contributed by atoms with Crippen LogP contribution in [0.1, 0.15) is 17.2 Å². The molecule has 8 heteroatoms. The third-order valence-corrected chi connectivity index (χ3v) is 3.06. The molecule has 0 aromatic heterocycles. The highest BCUT2D eigenvalue weighted by Gasteiger charge is 2.36. The summed E-state index contributed by atoms with van der Waals surface area (Å²) in [6.07, 6.45) is -5.93. The van der Waals surface area contributed by atoms with Gasteiger partial charge in [0.1, 0.15) is 15.7 Å². The number of rotatable bonds is 3. The predicted octanol–water partition coefficient (Wildman–Crippen LogP) is 1.92. The van der Waals surface area contributed by atoms with Gasteiger partial charge in [-0.05, 0) is 17.7 Å². The minimum Gasteiger partial charge on any atom is -0.387 e. The molecule has 1 N–H and O–H groups in total. The van der Waals surface area contributed by atoms with Crippen LogP contribution < -0.4 is 0 Å². The zero-order valence-corrected chi connectivity index (χ0v) is 10.0. The quantitative estimate of drug-likeness (QED) is 0.864. The van der Waals surface area contributed by atoms with E-state index in [4.69, 9.17) is 0 Å². The van der Waals surface area contributed by atoms with Gasteiger partial charge in [0.05, 0.1) is 17.4 Å². The number of hydrogen-bond donors (Lipinski definition) is 1. The molecule has 0 radical (unpaired) electrons. The molecule has 0 heterocycles. The summed E-state index contributed by atoms with van der Waals surface area (Å²) in [7, 11) is -3.65. The van der Waals surface area contributed by atoms with Crippen LogP contribution in [0.15, 0.2) is 18.2 Å². The van der Waals surface area contributed by atoms with E-state index in [0.717, 1.165) is 18.4 Å². The first kappa shape index (κ1) is 14.9. The second-order valence-corrected chi connectivity index (χ2v) is 6.02. The summed E-state index contributed by atoms with van der Waals surface area (Å²) < 4.78 is 72.4. The SMILES string of the molecule is CS(=O)(=O)CC(O)c1ccc(F)cc1C(F)(F)F. The first-order chi connectivity index (χ1) is 8.00. The van der Waals surface area contributed by atoms with Gasteiger partial charge in [0.2, 0.25) is 0 Å². The van der Waals surface area contributed by atoms with Gasteiger partial charge in [-0.3, -0.25) is 0 Å². The highest BCUT2D eigenvalue weighted by Crippen LogP contribution is 2.35. The molecule has 1 unspecified atom stereocenters. The zero-order valence-electron chi connectivity index (χ0n) is 9.20. The van der Waals surface area contributed by atoms with Gasteiger partial charge < -0.3 is 5.11 Å². The van der Waals surface area contributed by atoms with Crippen molar-refractivity contribution >= 4 is 9.84 Å². The largest absolute Gasteiger partial charge is 0.416 e. The van der Waals surface area contributed by atoms with Gasteiger partial charge in [-0.25, -0.2) is 12.8 Å². The van der Waals surface area contributed by atoms with Crippen molar-refractivity contribution in [3.63, 3.8) is 0 Å². The molecule has 1 rings (SSSR count). The fourth-order valence-electron chi connectivity index (χ4n) is 1.44. The highest BCUT2D eigenvalue weighted by molar-refractivity contribution is 7.90. The molecule has 102 valence electrons. The van der Waals surface area contributed by atoms with Crippen LogP contribution in [0.25, 0.3) is 0 Å². The van der Waals surface area contributed by atoms with Crippen molar-refractivity contribution in [2.24, 2.45) is 0 Å². The van der Waals surface area contributed by atoms with Crippen LogP contribution in [0.2, 0.25) is 0 Å².